The summed E-state index contributed by atoms with van der Waals surface area (Å²) < 4.78 is 61.5. The van der Waals surface area contributed by atoms with Crippen LogP contribution in [0.1, 0.15) is 96.8 Å². The highest BCUT2D eigenvalue weighted by Gasteiger charge is 2.62. The summed E-state index contributed by atoms with van der Waals surface area (Å²) >= 11 is 0. The quantitative estimate of drug-likeness (QED) is 0.151. The second kappa shape index (κ2) is 14.2. The van der Waals surface area contributed by atoms with Gasteiger partial charge in [0.1, 0.15) is 0 Å². The third-order valence-corrected chi connectivity index (χ3v) is 4.37. The minimum Gasteiger partial charge on any atom is -0.293 e. The number of hydrogen-bond acceptors (Lipinski definition) is 1. The predicted octanol–water partition coefficient (Wildman–Crippen LogP) is 7.79. The van der Waals surface area contributed by atoms with Crippen LogP contribution in [0.5, 0.6) is 0 Å². The average Bonchev–Trinajstić information content (AvgIpc) is 2.57. The number of ketones is 1. The Morgan fingerprint density at radius 2 is 1.12 bits per heavy atom. The highest BCUT2D eigenvalue weighted by atomic mass is 19.4. The van der Waals surface area contributed by atoms with Crippen molar-refractivity contribution in [3.05, 3.63) is 12.2 Å². The van der Waals surface area contributed by atoms with Crippen molar-refractivity contribution >= 4 is 5.78 Å². The SMILES string of the molecule is CCCCCCCC/C=C\CCCCCCCC(=O)C(F)(F)C(F)(F)F. The van der Waals surface area contributed by atoms with E-state index in [4.69, 9.17) is 0 Å². The van der Waals surface area contributed by atoms with Gasteiger partial charge in [-0.3, -0.25) is 4.79 Å². The largest absolute Gasteiger partial charge is 0.461 e. The van der Waals surface area contributed by atoms with Crippen molar-refractivity contribution in [1.82, 2.24) is 0 Å². The van der Waals surface area contributed by atoms with Gasteiger partial charge in [-0.1, -0.05) is 70.4 Å². The Balaban J connectivity index is 3.49. The van der Waals surface area contributed by atoms with Gasteiger partial charge in [0, 0.05) is 6.42 Å². The summed E-state index contributed by atoms with van der Waals surface area (Å²) in [6, 6.07) is 0. The van der Waals surface area contributed by atoms with Crippen molar-refractivity contribution in [3.63, 3.8) is 0 Å². The summed E-state index contributed by atoms with van der Waals surface area (Å²) in [7, 11) is 0. The third kappa shape index (κ3) is 11.6. The standard InChI is InChI=1S/C20H33F5O/c1-2-3-4-5-6-7-8-9-10-11-12-13-14-15-16-17-18(26)19(21,22)20(23,24)25/h9-10H,2-8,11-17H2,1H3/b10-9-. The molecule has 0 fully saturated rings. The number of carbonyl (C=O) groups excluding carboxylic acids is 1. The maximum Gasteiger partial charge on any atom is 0.461 e. The number of Topliss-reactive ketones (excluding diaryl/α,β-unsaturated/α-hetero) is 1. The summed E-state index contributed by atoms with van der Waals surface area (Å²) in [5.41, 5.74) is 0. The van der Waals surface area contributed by atoms with E-state index in [0.29, 0.717) is 6.42 Å². The van der Waals surface area contributed by atoms with Crippen LogP contribution >= 0.6 is 0 Å². The van der Waals surface area contributed by atoms with Gasteiger partial charge in [-0.15, -0.1) is 0 Å². The third-order valence-electron chi connectivity index (χ3n) is 4.37. The van der Waals surface area contributed by atoms with Crippen molar-refractivity contribution in [1.29, 1.82) is 0 Å². The molecule has 0 aliphatic carbocycles. The number of unbranched alkanes of at least 4 members (excludes halogenated alkanes) is 11. The summed E-state index contributed by atoms with van der Waals surface area (Å²) in [4.78, 5) is 11.0. The molecule has 0 radical (unpaired) electrons. The summed E-state index contributed by atoms with van der Waals surface area (Å²) in [6.07, 6.45) is 10.8. The van der Waals surface area contributed by atoms with Gasteiger partial charge in [0.25, 0.3) is 0 Å². The van der Waals surface area contributed by atoms with E-state index in [1.165, 1.54) is 38.5 Å². The normalized spacial score (nSPS) is 12.8. The lowest BCUT2D eigenvalue weighted by Crippen LogP contribution is -2.43. The molecule has 0 rings (SSSR count). The Bertz CT molecular complexity index is 388. The molecule has 154 valence electrons. The monoisotopic (exact) mass is 384 g/mol. The molecule has 0 aliphatic heterocycles. The predicted molar refractivity (Wildman–Crippen MR) is 95.5 cm³/mol. The van der Waals surface area contributed by atoms with Crippen molar-refractivity contribution in [2.75, 3.05) is 0 Å². The number of halogens is 5. The lowest BCUT2D eigenvalue weighted by Gasteiger charge is -2.17. The second-order valence-electron chi connectivity index (χ2n) is 6.83. The Morgan fingerprint density at radius 1 is 0.692 bits per heavy atom. The van der Waals surface area contributed by atoms with Crippen molar-refractivity contribution in [2.24, 2.45) is 0 Å². The smallest absolute Gasteiger partial charge is 0.293 e. The van der Waals surface area contributed by atoms with Crippen LogP contribution in [0.4, 0.5) is 22.0 Å². The van der Waals surface area contributed by atoms with Crippen LogP contribution in [0.25, 0.3) is 0 Å². The fourth-order valence-electron chi connectivity index (χ4n) is 2.67. The molecule has 0 spiro atoms. The van der Waals surface area contributed by atoms with Crippen LogP contribution in [-0.4, -0.2) is 17.9 Å². The number of alkyl halides is 5. The first-order chi connectivity index (χ1) is 12.2. The molecule has 0 N–H and O–H groups in total. The zero-order chi connectivity index (χ0) is 19.9. The highest BCUT2D eigenvalue weighted by Crippen LogP contribution is 2.37. The second-order valence-corrected chi connectivity index (χ2v) is 6.83. The molecular formula is C20H33F5O. The fraction of sp³-hybridized carbons (Fsp3) is 0.850. The zero-order valence-electron chi connectivity index (χ0n) is 15.9. The molecule has 0 saturated carbocycles. The highest BCUT2D eigenvalue weighted by molar-refractivity contribution is 5.86. The Hall–Kier alpha value is -0.940. The molecule has 0 heterocycles. The van der Waals surface area contributed by atoms with E-state index in [0.717, 1.165) is 32.1 Å². The Kier molecular flexibility index (Phi) is 13.6. The average molecular weight is 384 g/mol. The molecule has 0 bridgehead atoms. The minimum absolute atomic E-state index is 0.0817. The maximum absolute atomic E-state index is 12.7. The van der Waals surface area contributed by atoms with Crippen LogP contribution in [0.15, 0.2) is 12.2 Å². The lowest BCUT2D eigenvalue weighted by molar-refractivity contribution is -0.268. The first kappa shape index (κ1) is 25.1. The molecule has 0 unspecified atom stereocenters. The van der Waals surface area contributed by atoms with Gasteiger partial charge in [0.05, 0.1) is 0 Å². The van der Waals surface area contributed by atoms with Gasteiger partial charge < -0.3 is 0 Å². The molecular weight excluding hydrogens is 351 g/mol. The number of hydrogen-bond donors (Lipinski definition) is 0. The lowest BCUT2D eigenvalue weighted by atomic mass is 10.0. The molecule has 0 aliphatic rings. The van der Waals surface area contributed by atoms with Crippen LogP contribution in [-0.2, 0) is 4.79 Å². The molecule has 6 heteroatoms. The van der Waals surface area contributed by atoms with Crippen LogP contribution in [0, 0.1) is 0 Å². The van der Waals surface area contributed by atoms with Crippen LogP contribution < -0.4 is 0 Å². The first-order valence-corrected chi connectivity index (χ1v) is 9.86. The molecule has 0 saturated heterocycles. The van der Waals surface area contributed by atoms with E-state index >= 15 is 0 Å². The molecule has 0 aromatic carbocycles. The van der Waals surface area contributed by atoms with E-state index in [-0.39, 0.29) is 6.42 Å². The van der Waals surface area contributed by atoms with Gasteiger partial charge in [-0.25, -0.2) is 0 Å². The Labute approximate surface area is 154 Å². The van der Waals surface area contributed by atoms with Gasteiger partial charge in [-0.05, 0) is 32.1 Å². The van der Waals surface area contributed by atoms with Gasteiger partial charge in [0.2, 0.25) is 5.78 Å². The number of carbonyl (C=O) groups is 1. The van der Waals surface area contributed by atoms with Crippen LogP contribution in [0.3, 0.4) is 0 Å². The summed E-state index contributed by atoms with van der Waals surface area (Å²) in [5, 5.41) is 0. The molecule has 0 amide bonds. The molecule has 26 heavy (non-hydrogen) atoms. The van der Waals surface area contributed by atoms with E-state index in [1.54, 1.807) is 0 Å². The van der Waals surface area contributed by atoms with Crippen molar-refractivity contribution in [2.45, 2.75) is 109 Å². The summed E-state index contributed by atoms with van der Waals surface area (Å²) in [5.74, 6) is -7.24. The van der Waals surface area contributed by atoms with Crippen molar-refractivity contribution < 1.29 is 26.7 Å². The van der Waals surface area contributed by atoms with Crippen molar-refractivity contribution in [3.8, 4) is 0 Å². The topological polar surface area (TPSA) is 17.1 Å². The molecule has 1 nitrogen and oxygen atoms in total. The maximum atomic E-state index is 12.7. The minimum atomic E-state index is -5.79. The summed E-state index contributed by atoms with van der Waals surface area (Å²) in [6.45, 7) is 2.20. The van der Waals surface area contributed by atoms with E-state index in [2.05, 4.69) is 19.1 Å². The van der Waals surface area contributed by atoms with Gasteiger partial charge in [0.15, 0.2) is 0 Å². The fourth-order valence-corrected chi connectivity index (χ4v) is 2.67. The molecule has 0 aromatic heterocycles. The number of allylic oxidation sites excluding steroid dienone is 2. The van der Waals surface area contributed by atoms with Crippen LogP contribution in [0.2, 0.25) is 0 Å². The molecule has 0 aromatic rings. The molecule has 0 atom stereocenters. The zero-order valence-corrected chi connectivity index (χ0v) is 15.9. The van der Waals surface area contributed by atoms with E-state index < -0.39 is 24.3 Å². The first-order valence-electron chi connectivity index (χ1n) is 9.86. The van der Waals surface area contributed by atoms with E-state index in [1.807, 2.05) is 0 Å². The Morgan fingerprint density at radius 3 is 1.58 bits per heavy atom. The number of rotatable bonds is 16. The van der Waals surface area contributed by atoms with Gasteiger partial charge in [-0.2, -0.15) is 22.0 Å². The van der Waals surface area contributed by atoms with Gasteiger partial charge >= 0.3 is 12.1 Å². The van der Waals surface area contributed by atoms with E-state index in [9.17, 15) is 26.7 Å².